The molecular formula is C33H29IrN3O. The van der Waals surface area contributed by atoms with Gasteiger partial charge in [-0.3, -0.25) is 0 Å². The topological polar surface area (TPSA) is 32.0 Å². The van der Waals surface area contributed by atoms with Gasteiger partial charge in [-0.1, -0.05) is 57.4 Å². The molecule has 1 fully saturated rings. The minimum absolute atomic E-state index is 0. The molecule has 0 amide bonds. The Morgan fingerprint density at radius 2 is 1.74 bits per heavy atom. The summed E-state index contributed by atoms with van der Waals surface area (Å²) < 4.78 is 10.2. The van der Waals surface area contributed by atoms with E-state index in [0.29, 0.717) is 6.04 Å². The van der Waals surface area contributed by atoms with Crippen LogP contribution in [0.25, 0.3) is 33.2 Å². The predicted octanol–water partition coefficient (Wildman–Crippen LogP) is 7.89. The number of benzene rings is 3. The standard InChI is InChI=1S/C21H19N2O.C12H10N.Ir/c1-2-6-16(7-3-1)22-12-13-23(15-22)17-10-11-19-18-8-4-5-9-20(18)24-21(19)14-17;1-10-7-8-12(13-9-10)11-5-3-2-4-6-11;/h4-5,8-9,11-14,16H,1-3,6-7H2;2-5,7-9H,1H3;/q+1;-1;. The fourth-order valence-electron chi connectivity index (χ4n) is 5.00. The summed E-state index contributed by atoms with van der Waals surface area (Å²) in [4.78, 5) is 4.32. The van der Waals surface area contributed by atoms with Crippen molar-refractivity contribution in [3.8, 4) is 11.3 Å². The number of hydrogen-bond donors (Lipinski definition) is 0. The van der Waals surface area contributed by atoms with Crippen LogP contribution in [-0.4, -0.2) is 26.2 Å². The average Bonchev–Trinajstić information content (AvgIpc) is 3.60. The van der Waals surface area contributed by atoms with Crippen LogP contribution in [0.15, 0.2) is 95.8 Å². The normalized spacial score (nSPS) is 15.0. The fourth-order valence-corrected chi connectivity index (χ4v) is 5.00. The maximum Gasteiger partial charge on any atom is 0.493 e. The summed E-state index contributed by atoms with van der Waals surface area (Å²) in [6.07, 6.45) is 12.6. The Labute approximate surface area is 237 Å². The Balaban J connectivity index is 0.000000179. The molecule has 5 heteroatoms. The maximum atomic E-state index is 5.98. The first-order valence-electron chi connectivity index (χ1n) is 13.0. The van der Waals surface area contributed by atoms with Gasteiger partial charge in [0.05, 0.1) is 0 Å². The van der Waals surface area contributed by atoms with E-state index in [1.807, 2.05) is 72.3 Å². The third-order valence-electron chi connectivity index (χ3n) is 7.02. The van der Waals surface area contributed by atoms with Crippen molar-refractivity contribution in [1.29, 1.82) is 0 Å². The Hall–Kier alpha value is -3.62. The molecule has 0 unspecified atom stereocenters. The van der Waals surface area contributed by atoms with Crippen LogP contribution in [0.3, 0.4) is 0 Å². The number of fused-ring (bicyclic) bond motifs is 3. The molecule has 0 bridgehead atoms. The van der Waals surface area contributed by atoms with Crippen molar-refractivity contribution in [3.05, 3.63) is 109 Å². The molecule has 1 aliphatic carbocycles. The Morgan fingerprint density at radius 3 is 2.53 bits per heavy atom. The van der Waals surface area contributed by atoms with E-state index in [1.54, 1.807) is 0 Å². The summed E-state index contributed by atoms with van der Waals surface area (Å²) in [5.74, 6) is 0. The van der Waals surface area contributed by atoms with E-state index >= 15 is 0 Å². The van der Waals surface area contributed by atoms with Crippen molar-refractivity contribution in [2.45, 2.75) is 45.1 Å². The Bertz CT molecular complexity index is 1640. The number of aromatic nitrogens is 1. The van der Waals surface area contributed by atoms with Crippen LogP contribution >= 0.6 is 0 Å². The molecule has 1 saturated carbocycles. The monoisotopic (exact) mass is 676 g/mol. The zero-order valence-corrected chi connectivity index (χ0v) is 23.8. The van der Waals surface area contributed by atoms with Gasteiger partial charge in [0.2, 0.25) is 6.20 Å². The Kier molecular flexibility index (Phi) is 8.10. The van der Waals surface area contributed by atoms with Crippen LogP contribution in [0.4, 0.5) is 5.69 Å². The fraction of sp³-hybridized carbons (Fsp3) is 0.212. The number of hydrogen-bond acceptors (Lipinski definition) is 2. The summed E-state index contributed by atoms with van der Waals surface area (Å²) in [5.41, 5.74) is 5.99. The van der Waals surface area contributed by atoms with Crippen molar-refractivity contribution in [1.82, 2.24) is 4.98 Å². The molecule has 3 heterocycles. The number of para-hydroxylation sites is 1. The van der Waals surface area contributed by atoms with Crippen molar-refractivity contribution in [3.63, 3.8) is 0 Å². The number of nitrogens with zero attached hydrogens (tertiary/aromatic N) is 3. The van der Waals surface area contributed by atoms with Gasteiger partial charge < -0.3 is 9.40 Å². The van der Waals surface area contributed by atoms with Gasteiger partial charge in [-0.25, -0.2) is 0 Å². The number of pyridine rings is 1. The molecule has 0 atom stereocenters. The van der Waals surface area contributed by atoms with Gasteiger partial charge in [0, 0.05) is 44.7 Å². The number of furan rings is 1. The van der Waals surface area contributed by atoms with E-state index in [2.05, 4.69) is 58.3 Å². The second kappa shape index (κ2) is 11.8. The summed E-state index contributed by atoms with van der Waals surface area (Å²) >= 11 is 0. The summed E-state index contributed by atoms with van der Waals surface area (Å²) in [6.45, 7) is 2.03. The Morgan fingerprint density at radius 1 is 0.895 bits per heavy atom. The van der Waals surface area contributed by atoms with E-state index in [-0.39, 0.29) is 20.1 Å². The molecule has 3 aromatic carbocycles. The first-order valence-corrected chi connectivity index (χ1v) is 13.0. The molecule has 5 aromatic rings. The molecule has 7 rings (SSSR count). The molecule has 191 valence electrons. The zero-order chi connectivity index (χ0) is 25.0. The van der Waals surface area contributed by atoms with Gasteiger partial charge in [0.15, 0.2) is 6.04 Å². The van der Waals surface area contributed by atoms with Crippen molar-refractivity contribution in [2.75, 3.05) is 0 Å². The van der Waals surface area contributed by atoms with E-state index in [9.17, 15) is 0 Å². The summed E-state index contributed by atoms with van der Waals surface area (Å²) in [6, 6.07) is 34.7. The van der Waals surface area contributed by atoms with Gasteiger partial charge in [0.25, 0.3) is 6.20 Å². The molecule has 2 aromatic heterocycles. The van der Waals surface area contributed by atoms with Crippen LogP contribution in [0.1, 0.15) is 37.7 Å². The number of rotatable bonds is 3. The smallest absolute Gasteiger partial charge is 0.483 e. The van der Waals surface area contributed by atoms with E-state index in [1.165, 1.54) is 37.7 Å². The molecule has 0 N–H and O–H groups in total. The van der Waals surface area contributed by atoms with Crippen LogP contribution < -0.4 is 0 Å². The average molecular weight is 676 g/mol. The quantitative estimate of drug-likeness (QED) is 0.144. The largest absolute Gasteiger partial charge is 0.493 e. The molecule has 1 aliphatic heterocycles. The predicted molar refractivity (Wildman–Crippen MR) is 147 cm³/mol. The molecule has 38 heavy (non-hydrogen) atoms. The van der Waals surface area contributed by atoms with Gasteiger partial charge in [0.1, 0.15) is 11.3 Å². The van der Waals surface area contributed by atoms with Crippen LogP contribution in [0.2, 0.25) is 0 Å². The molecule has 0 spiro atoms. The van der Waals surface area contributed by atoms with Gasteiger partial charge in [-0.15, -0.1) is 42.0 Å². The molecule has 2 aliphatic rings. The molecular weight excluding hydrogens is 647 g/mol. The second-order valence-electron chi connectivity index (χ2n) is 9.66. The number of aryl methyl sites for hydroxylation is 1. The van der Waals surface area contributed by atoms with Crippen LogP contribution in [0.5, 0.6) is 0 Å². The maximum absolute atomic E-state index is 5.98. The van der Waals surface area contributed by atoms with Gasteiger partial charge in [-0.05, 0) is 42.5 Å². The SMILES string of the molecule is C1=[N+](c2[c-]cc3c(c2)oc2ccccc23)C=C[N+]=1C1CCCCC1.Cc1ccc(-c2[c-]cccc2)nc1.[Ir]. The van der Waals surface area contributed by atoms with E-state index in [0.717, 1.165) is 38.9 Å². The zero-order valence-electron chi connectivity index (χ0n) is 21.4. The van der Waals surface area contributed by atoms with E-state index < -0.39 is 0 Å². The summed E-state index contributed by atoms with van der Waals surface area (Å²) in [7, 11) is 0. The van der Waals surface area contributed by atoms with Gasteiger partial charge >= 0.3 is 6.01 Å². The molecule has 1 radical (unpaired) electrons. The van der Waals surface area contributed by atoms with Crippen molar-refractivity contribution >= 4 is 33.6 Å². The minimum Gasteiger partial charge on any atom is -0.483 e. The first-order chi connectivity index (χ1) is 18.2. The van der Waals surface area contributed by atoms with Crippen LogP contribution in [-0.2, 0) is 20.1 Å². The van der Waals surface area contributed by atoms with Crippen molar-refractivity contribution in [2.24, 2.45) is 0 Å². The van der Waals surface area contributed by atoms with Crippen molar-refractivity contribution < 1.29 is 33.7 Å². The molecule has 0 saturated heterocycles. The second-order valence-corrected chi connectivity index (χ2v) is 9.66. The third kappa shape index (κ3) is 5.61. The minimum atomic E-state index is 0. The molecule has 4 nitrogen and oxygen atoms in total. The van der Waals surface area contributed by atoms with E-state index in [4.69, 9.17) is 4.42 Å². The summed E-state index contributed by atoms with van der Waals surface area (Å²) in [5, 5.41) is 2.26. The van der Waals surface area contributed by atoms with Crippen LogP contribution in [0, 0.1) is 19.1 Å². The third-order valence-corrected chi connectivity index (χ3v) is 7.02. The van der Waals surface area contributed by atoms with Gasteiger partial charge in [-0.2, -0.15) is 6.07 Å². The first kappa shape index (κ1) is 26.0.